The Kier molecular flexibility index (Phi) is 5.71. The maximum absolute atomic E-state index is 13.0. The molecule has 160 valence electrons. The average Bonchev–Trinajstić information content (AvgIpc) is 3.07. The van der Waals surface area contributed by atoms with E-state index in [4.69, 9.17) is 9.47 Å². The predicted octanol–water partition coefficient (Wildman–Crippen LogP) is 1.76. The zero-order valence-corrected chi connectivity index (χ0v) is 18.0. The normalized spacial score (nSPS) is 23.3. The quantitative estimate of drug-likeness (QED) is 0.695. The number of carbonyl (C=O) groups is 1. The molecule has 2 heterocycles. The second kappa shape index (κ2) is 8.28. The molecule has 2 aromatic rings. The second-order valence-corrected chi connectivity index (χ2v) is 9.90. The predicted molar refractivity (Wildman–Crippen MR) is 115 cm³/mol. The number of piperazine rings is 1. The number of ether oxygens (including phenoxy) is 2. The van der Waals surface area contributed by atoms with Gasteiger partial charge in [-0.1, -0.05) is 12.1 Å². The first-order chi connectivity index (χ1) is 14.4. The monoisotopic (exact) mass is 430 g/mol. The fourth-order valence-corrected chi connectivity index (χ4v) is 6.33. The molecule has 0 saturated carbocycles. The van der Waals surface area contributed by atoms with Crippen LogP contribution in [0.2, 0.25) is 0 Å². The molecule has 0 N–H and O–H groups in total. The summed E-state index contributed by atoms with van der Waals surface area (Å²) in [5.41, 5.74) is 1.83. The Bertz CT molecular complexity index is 1000. The molecule has 2 aliphatic rings. The number of hydrogen-bond acceptors (Lipinski definition) is 6. The van der Waals surface area contributed by atoms with E-state index in [1.54, 1.807) is 31.3 Å². The van der Waals surface area contributed by atoms with Crippen molar-refractivity contribution in [3.8, 4) is 11.5 Å². The van der Waals surface area contributed by atoms with Crippen LogP contribution in [-0.4, -0.2) is 70.1 Å². The van der Waals surface area contributed by atoms with Crippen molar-refractivity contribution in [1.29, 1.82) is 0 Å². The van der Waals surface area contributed by atoms with Gasteiger partial charge in [0.2, 0.25) is 5.91 Å². The standard InChI is InChI=1S/C22H26N2O5S/c1-28-18-7-3-16(4-8-18)11-12-23-13-22(25)24(17-5-9-19(29-2)10-6-17)21-15-30(26,27)14-20(21)23/h3-10,20-21H,11-15H2,1-2H3/t20-,21-/m0/s1. The number of benzene rings is 2. The highest BCUT2D eigenvalue weighted by Crippen LogP contribution is 2.32. The zero-order valence-electron chi connectivity index (χ0n) is 17.2. The van der Waals surface area contributed by atoms with E-state index in [1.807, 2.05) is 41.3 Å². The maximum atomic E-state index is 13.0. The number of nitrogens with zero attached hydrogens (tertiary/aromatic N) is 2. The minimum atomic E-state index is -3.21. The van der Waals surface area contributed by atoms with E-state index in [0.717, 1.165) is 17.7 Å². The summed E-state index contributed by atoms with van der Waals surface area (Å²) in [6, 6.07) is 14.4. The van der Waals surface area contributed by atoms with Gasteiger partial charge in [-0.15, -0.1) is 0 Å². The average molecular weight is 431 g/mol. The van der Waals surface area contributed by atoms with Gasteiger partial charge in [0.25, 0.3) is 0 Å². The summed E-state index contributed by atoms with van der Waals surface area (Å²) in [6.07, 6.45) is 0.739. The molecule has 2 saturated heterocycles. The van der Waals surface area contributed by atoms with Gasteiger partial charge in [0.1, 0.15) is 11.5 Å². The van der Waals surface area contributed by atoms with E-state index < -0.39 is 9.84 Å². The number of carbonyl (C=O) groups excluding carboxylic acids is 1. The zero-order chi connectivity index (χ0) is 21.3. The molecule has 2 atom stereocenters. The van der Waals surface area contributed by atoms with E-state index >= 15 is 0 Å². The molecule has 8 heteroatoms. The summed E-state index contributed by atoms with van der Waals surface area (Å²) in [7, 11) is 0.00555. The Labute approximate surface area is 177 Å². The van der Waals surface area contributed by atoms with E-state index in [9.17, 15) is 13.2 Å². The van der Waals surface area contributed by atoms with Crippen molar-refractivity contribution in [2.24, 2.45) is 0 Å². The molecule has 2 aliphatic heterocycles. The first-order valence-corrected chi connectivity index (χ1v) is 11.8. The maximum Gasteiger partial charge on any atom is 0.241 e. The van der Waals surface area contributed by atoms with Gasteiger partial charge in [-0.2, -0.15) is 0 Å². The Morgan fingerprint density at radius 2 is 1.47 bits per heavy atom. The van der Waals surface area contributed by atoms with Gasteiger partial charge in [-0.05, 0) is 48.4 Å². The van der Waals surface area contributed by atoms with Gasteiger partial charge in [-0.25, -0.2) is 8.42 Å². The van der Waals surface area contributed by atoms with Gasteiger partial charge in [-0.3, -0.25) is 9.69 Å². The summed E-state index contributed by atoms with van der Waals surface area (Å²) in [5, 5.41) is 0. The highest BCUT2D eigenvalue weighted by molar-refractivity contribution is 7.91. The third-order valence-corrected chi connectivity index (χ3v) is 7.60. The number of hydrogen-bond donors (Lipinski definition) is 0. The molecule has 0 aromatic heterocycles. The van der Waals surface area contributed by atoms with Crippen molar-refractivity contribution in [3.05, 3.63) is 54.1 Å². The van der Waals surface area contributed by atoms with Crippen LogP contribution in [0.5, 0.6) is 11.5 Å². The first-order valence-electron chi connectivity index (χ1n) is 9.94. The van der Waals surface area contributed by atoms with Crippen LogP contribution in [0, 0.1) is 0 Å². The Balaban J connectivity index is 1.54. The number of sulfone groups is 1. The summed E-state index contributed by atoms with van der Waals surface area (Å²) in [4.78, 5) is 16.7. The Hall–Kier alpha value is -2.58. The van der Waals surface area contributed by atoms with Crippen LogP contribution in [-0.2, 0) is 21.1 Å². The van der Waals surface area contributed by atoms with E-state index in [-0.39, 0.29) is 36.0 Å². The lowest BCUT2D eigenvalue weighted by Gasteiger charge is -2.43. The van der Waals surface area contributed by atoms with Crippen molar-refractivity contribution in [1.82, 2.24) is 4.90 Å². The highest BCUT2D eigenvalue weighted by Gasteiger charge is 2.49. The van der Waals surface area contributed by atoms with Crippen molar-refractivity contribution in [2.75, 3.05) is 43.7 Å². The molecule has 7 nitrogen and oxygen atoms in total. The van der Waals surface area contributed by atoms with Crippen LogP contribution in [0.4, 0.5) is 5.69 Å². The van der Waals surface area contributed by atoms with Crippen LogP contribution >= 0.6 is 0 Å². The molecule has 1 amide bonds. The number of amides is 1. The summed E-state index contributed by atoms with van der Waals surface area (Å²) < 4.78 is 35.3. The van der Waals surface area contributed by atoms with Gasteiger partial charge < -0.3 is 14.4 Å². The third-order valence-electron chi connectivity index (χ3n) is 5.90. The first kappa shape index (κ1) is 20.7. The van der Waals surface area contributed by atoms with Crippen LogP contribution in [0.15, 0.2) is 48.5 Å². The second-order valence-electron chi connectivity index (χ2n) is 7.74. The lowest BCUT2D eigenvalue weighted by atomic mass is 10.0. The molecule has 0 unspecified atom stereocenters. The number of rotatable bonds is 6. The van der Waals surface area contributed by atoms with Crippen LogP contribution < -0.4 is 14.4 Å². The SMILES string of the molecule is COc1ccc(CCN2CC(=O)N(c3ccc(OC)cc3)[C@H]3CS(=O)(=O)C[C@@H]32)cc1. The molecule has 0 bridgehead atoms. The number of methoxy groups -OCH3 is 2. The Morgan fingerprint density at radius 3 is 2.07 bits per heavy atom. The van der Waals surface area contributed by atoms with Gasteiger partial charge in [0.15, 0.2) is 9.84 Å². The van der Waals surface area contributed by atoms with Crippen LogP contribution in [0.1, 0.15) is 5.56 Å². The van der Waals surface area contributed by atoms with E-state index in [0.29, 0.717) is 18.0 Å². The minimum Gasteiger partial charge on any atom is -0.497 e. The lowest BCUT2D eigenvalue weighted by Crippen LogP contribution is -2.62. The minimum absolute atomic E-state index is 0.00548. The number of anilines is 1. The molecule has 0 spiro atoms. The third kappa shape index (κ3) is 4.15. The van der Waals surface area contributed by atoms with Crippen LogP contribution in [0.25, 0.3) is 0 Å². The molecule has 2 fully saturated rings. The highest BCUT2D eigenvalue weighted by atomic mass is 32.2. The smallest absolute Gasteiger partial charge is 0.241 e. The molecular formula is C22H26N2O5S. The van der Waals surface area contributed by atoms with Crippen molar-refractivity contribution < 1.29 is 22.7 Å². The van der Waals surface area contributed by atoms with Gasteiger partial charge in [0.05, 0.1) is 38.3 Å². The van der Waals surface area contributed by atoms with Crippen molar-refractivity contribution >= 4 is 21.4 Å². The van der Waals surface area contributed by atoms with E-state index in [2.05, 4.69) is 0 Å². The van der Waals surface area contributed by atoms with Gasteiger partial charge >= 0.3 is 0 Å². The molecular weight excluding hydrogens is 404 g/mol. The Morgan fingerprint density at radius 1 is 0.900 bits per heavy atom. The fraction of sp³-hybridized carbons (Fsp3) is 0.409. The fourth-order valence-electron chi connectivity index (χ4n) is 4.35. The largest absolute Gasteiger partial charge is 0.497 e. The van der Waals surface area contributed by atoms with Crippen molar-refractivity contribution in [2.45, 2.75) is 18.5 Å². The van der Waals surface area contributed by atoms with E-state index in [1.165, 1.54) is 0 Å². The molecule has 0 aliphatic carbocycles. The topological polar surface area (TPSA) is 76.2 Å². The number of fused-ring (bicyclic) bond motifs is 1. The summed E-state index contributed by atoms with van der Waals surface area (Å²) in [6.45, 7) is 0.837. The lowest BCUT2D eigenvalue weighted by molar-refractivity contribution is -0.123. The molecule has 4 rings (SSSR count). The van der Waals surface area contributed by atoms with Gasteiger partial charge in [0, 0.05) is 18.3 Å². The summed E-state index contributed by atoms with van der Waals surface area (Å²) in [5.74, 6) is 1.49. The van der Waals surface area contributed by atoms with Crippen molar-refractivity contribution in [3.63, 3.8) is 0 Å². The van der Waals surface area contributed by atoms with Crippen LogP contribution in [0.3, 0.4) is 0 Å². The molecule has 2 aromatic carbocycles. The molecule has 30 heavy (non-hydrogen) atoms. The molecule has 0 radical (unpaired) electrons. The summed E-state index contributed by atoms with van der Waals surface area (Å²) >= 11 is 0.